The zero-order valence-corrected chi connectivity index (χ0v) is 11.7. The van der Waals surface area contributed by atoms with Gasteiger partial charge in [0, 0.05) is 5.56 Å². The third-order valence-electron chi connectivity index (χ3n) is 2.90. The van der Waals surface area contributed by atoms with E-state index in [1.54, 1.807) is 0 Å². The van der Waals surface area contributed by atoms with Crippen molar-refractivity contribution < 1.29 is 4.52 Å². The van der Waals surface area contributed by atoms with Crippen LogP contribution >= 0.6 is 23.2 Å². The highest BCUT2D eigenvalue weighted by Crippen LogP contribution is 2.30. The maximum absolute atomic E-state index is 5.89. The van der Waals surface area contributed by atoms with E-state index in [1.807, 2.05) is 32.0 Å². The van der Waals surface area contributed by atoms with E-state index in [-0.39, 0.29) is 10.3 Å². The van der Waals surface area contributed by atoms with Gasteiger partial charge in [-0.2, -0.15) is 0 Å². The minimum atomic E-state index is 0.199. The van der Waals surface area contributed by atoms with Crippen molar-refractivity contribution >= 4 is 34.2 Å². The molecule has 0 amide bonds. The molecule has 0 atom stereocenters. The number of hydrogen-bond donors (Lipinski definition) is 0. The lowest BCUT2D eigenvalue weighted by Gasteiger charge is -2.03. The Balaban J connectivity index is 2.25. The molecule has 4 nitrogen and oxygen atoms in total. The highest BCUT2D eigenvalue weighted by molar-refractivity contribution is 6.40. The number of aromatic nitrogens is 3. The quantitative estimate of drug-likeness (QED) is 0.674. The summed E-state index contributed by atoms with van der Waals surface area (Å²) in [6.07, 6.45) is 0. The lowest BCUT2D eigenvalue weighted by atomic mass is 10.0. The van der Waals surface area contributed by atoms with Gasteiger partial charge < -0.3 is 4.52 Å². The Labute approximate surface area is 119 Å². The first kappa shape index (κ1) is 12.4. The minimum absolute atomic E-state index is 0.199. The number of rotatable bonds is 1. The molecule has 0 aliphatic carbocycles. The number of nitrogens with zero attached hydrogens (tertiary/aromatic N) is 3. The normalized spacial score (nSPS) is 11.2. The third-order valence-corrected chi connectivity index (χ3v) is 3.53. The van der Waals surface area contributed by atoms with Gasteiger partial charge >= 0.3 is 0 Å². The molecule has 0 radical (unpaired) electrons. The van der Waals surface area contributed by atoms with Crippen LogP contribution in [0.15, 0.2) is 22.7 Å². The summed E-state index contributed by atoms with van der Waals surface area (Å²) >= 11 is 11.7. The molecule has 3 rings (SSSR count). The van der Waals surface area contributed by atoms with Crippen molar-refractivity contribution in [3.05, 3.63) is 40.0 Å². The summed E-state index contributed by atoms with van der Waals surface area (Å²) in [6.45, 7) is 3.77. The van der Waals surface area contributed by atoms with Gasteiger partial charge in [0.1, 0.15) is 5.76 Å². The van der Waals surface area contributed by atoms with E-state index in [1.165, 1.54) is 0 Å². The molecule has 0 saturated heterocycles. The molecule has 3 aromatic rings. The second-order valence-electron chi connectivity index (χ2n) is 4.21. The van der Waals surface area contributed by atoms with Crippen LogP contribution in [0.25, 0.3) is 22.2 Å². The Morgan fingerprint density at radius 1 is 1.00 bits per heavy atom. The largest absolute Gasteiger partial charge is 0.361 e. The van der Waals surface area contributed by atoms with Crippen molar-refractivity contribution in [2.24, 2.45) is 0 Å². The summed E-state index contributed by atoms with van der Waals surface area (Å²) in [5.41, 5.74) is 4.16. The maximum Gasteiger partial charge on any atom is 0.167 e. The molecule has 0 fully saturated rings. The van der Waals surface area contributed by atoms with Crippen molar-refractivity contribution in [2.45, 2.75) is 13.8 Å². The maximum atomic E-state index is 5.89. The van der Waals surface area contributed by atoms with Crippen LogP contribution in [0.4, 0.5) is 0 Å². The Morgan fingerprint density at radius 2 is 1.68 bits per heavy atom. The van der Waals surface area contributed by atoms with Crippen LogP contribution < -0.4 is 0 Å². The van der Waals surface area contributed by atoms with Gasteiger partial charge in [0.15, 0.2) is 10.3 Å². The van der Waals surface area contributed by atoms with E-state index in [2.05, 4.69) is 15.1 Å². The fourth-order valence-corrected chi connectivity index (χ4v) is 2.33. The van der Waals surface area contributed by atoms with E-state index in [0.717, 1.165) is 22.6 Å². The summed E-state index contributed by atoms with van der Waals surface area (Å²) < 4.78 is 5.17. The van der Waals surface area contributed by atoms with Crippen LogP contribution in [0.2, 0.25) is 10.3 Å². The van der Waals surface area contributed by atoms with Gasteiger partial charge in [0.05, 0.1) is 16.7 Å². The summed E-state index contributed by atoms with van der Waals surface area (Å²) in [5, 5.41) is 4.35. The van der Waals surface area contributed by atoms with Gasteiger partial charge in [0.2, 0.25) is 0 Å². The SMILES string of the molecule is Cc1noc(C)c1-c1ccc2nc(Cl)c(Cl)nc2c1. The third kappa shape index (κ3) is 2.07. The first-order valence-corrected chi connectivity index (χ1v) is 6.38. The molecule has 0 spiro atoms. The van der Waals surface area contributed by atoms with Gasteiger partial charge in [-0.15, -0.1) is 0 Å². The van der Waals surface area contributed by atoms with Crippen molar-refractivity contribution in [3.63, 3.8) is 0 Å². The first-order chi connectivity index (χ1) is 9.06. The molecule has 2 heterocycles. The van der Waals surface area contributed by atoms with Gasteiger partial charge in [-0.1, -0.05) is 34.4 Å². The Morgan fingerprint density at radius 3 is 2.32 bits per heavy atom. The molecule has 0 unspecified atom stereocenters. The topological polar surface area (TPSA) is 51.8 Å². The first-order valence-electron chi connectivity index (χ1n) is 5.62. The Bertz CT molecular complexity index is 763. The van der Waals surface area contributed by atoms with Crippen LogP contribution in [-0.4, -0.2) is 15.1 Å². The zero-order chi connectivity index (χ0) is 13.6. The monoisotopic (exact) mass is 293 g/mol. The molecule has 0 N–H and O–H groups in total. The molecule has 19 heavy (non-hydrogen) atoms. The molecule has 6 heteroatoms. The molecule has 0 aliphatic rings. The molecular weight excluding hydrogens is 285 g/mol. The van der Waals surface area contributed by atoms with Crippen molar-refractivity contribution in [3.8, 4) is 11.1 Å². The number of fused-ring (bicyclic) bond motifs is 1. The second-order valence-corrected chi connectivity index (χ2v) is 4.92. The van der Waals surface area contributed by atoms with E-state index < -0.39 is 0 Å². The van der Waals surface area contributed by atoms with Gasteiger partial charge in [-0.25, -0.2) is 9.97 Å². The predicted octanol–water partition coefficient (Wildman–Crippen LogP) is 4.21. The zero-order valence-electron chi connectivity index (χ0n) is 10.2. The van der Waals surface area contributed by atoms with Crippen LogP contribution in [0.1, 0.15) is 11.5 Å². The van der Waals surface area contributed by atoms with E-state index >= 15 is 0 Å². The molecule has 2 aromatic heterocycles. The minimum Gasteiger partial charge on any atom is -0.361 e. The number of aryl methyl sites for hydroxylation is 2. The van der Waals surface area contributed by atoms with Gasteiger partial charge in [-0.3, -0.25) is 0 Å². The van der Waals surface area contributed by atoms with E-state index in [0.29, 0.717) is 11.0 Å². The van der Waals surface area contributed by atoms with Crippen LogP contribution in [0.5, 0.6) is 0 Å². The van der Waals surface area contributed by atoms with Gasteiger partial charge in [0.25, 0.3) is 0 Å². The molecule has 0 aliphatic heterocycles. The number of hydrogen-bond acceptors (Lipinski definition) is 4. The summed E-state index contributed by atoms with van der Waals surface area (Å²) in [7, 11) is 0. The second kappa shape index (κ2) is 4.47. The Hall–Kier alpha value is -1.65. The molecule has 1 aromatic carbocycles. The highest BCUT2D eigenvalue weighted by atomic mass is 35.5. The van der Waals surface area contributed by atoms with Crippen LogP contribution in [-0.2, 0) is 0 Å². The number of halogens is 2. The number of benzene rings is 1. The van der Waals surface area contributed by atoms with Crippen molar-refractivity contribution in [1.82, 2.24) is 15.1 Å². The molecule has 96 valence electrons. The lowest BCUT2D eigenvalue weighted by Crippen LogP contribution is -1.89. The molecule has 0 saturated carbocycles. The Kier molecular flexibility index (Phi) is 2.92. The fraction of sp³-hybridized carbons (Fsp3) is 0.154. The summed E-state index contributed by atoms with van der Waals surface area (Å²) in [4.78, 5) is 8.40. The van der Waals surface area contributed by atoms with Crippen LogP contribution in [0.3, 0.4) is 0 Å². The van der Waals surface area contributed by atoms with Gasteiger partial charge in [-0.05, 0) is 31.5 Å². The van der Waals surface area contributed by atoms with Crippen molar-refractivity contribution in [1.29, 1.82) is 0 Å². The molecule has 0 bridgehead atoms. The standard InChI is InChI=1S/C13H9Cl2N3O/c1-6-11(7(2)19-18-6)8-3-4-9-10(5-8)17-13(15)12(14)16-9/h3-5H,1-2H3. The smallest absolute Gasteiger partial charge is 0.167 e. The lowest BCUT2D eigenvalue weighted by molar-refractivity contribution is 0.393. The predicted molar refractivity (Wildman–Crippen MR) is 74.5 cm³/mol. The van der Waals surface area contributed by atoms with Crippen molar-refractivity contribution in [2.75, 3.05) is 0 Å². The summed E-state index contributed by atoms with van der Waals surface area (Å²) in [6, 6.07) is 5.69. The van der Waals surface area contributed by atoms with E-state index in [4.69, 9.17) is 27.7 Å². The van der Waals surface area contributed by atoms with E-state index in [9.17, 15) is 0 Å². The molecular formula is C13H9Cl2N3O. The average Bonchev–Trinajstić information content (AvgIpc) is 2.70. The summed E-state index contributed by atoms with van der Waals surface area (Å²) in [5.74, 6) is 0.768. The highest BCUT2D eigenvalue weighted by Gasteiger charge is 2.13. The fourth-order valence-electron chi connectivity index (χ4n) is 2.06. The average molecular weight is 294 g/mol. The van der Waals surface area contributed by atoms with Crippen LogP contribution in [0, 0.1) is 13.8 Å².